The predicted octanol–water partition coefficient (Wildman–Crippen LogP) is 6.11. The molecule has 0 bridgehead atoms. The molecule has 5 rings (SSSR count). The normalized spacial score (nSPS) is 11.4. The third-order valence-corrected chi connectivity index (χ3v) is 8.05. The standard InChI is InChI=1S/C27H20Cl2N4O4S/c1-37-17-9-7-16(8-10-17)33-38(35,36)23-13-11-18(26(30)34)25(29)24(23)15-6-12-20(28)19(14-15)27-31-21-4-2-3-5-22(21)32-27/h2-14,33H,1H3,(H2,30,34)(H,31,32). The molecule has 4 aromatic carbocycles. The van der Waals surface area contributed by atoms with E-state index in [0.717, 1.165) is 11.0 Å². The summed E-state index contributed by atoms with van der Waals surface area (Å²) >= 11 is 13.1. The van der Waals surface area contributed by atoms with E-state index in [2.05, 4.69) is 14.7 Å². The second-order valence-corrected chi connectivity index (χ2v) is 10.7. The highest BCUT2D eigenvalue weighted by molar-refractivity contribution is 7.92. The molecular formula is C27H20Cl2N4O4S. The quantitative estimate of drug-likeness (QED) is 0.219. The zero-order valence-corrected chi connectivity index (χ0v) is 22.2. The molecule has 0 unspecified atom stereocenters. The number of ether oxygens (including phenoxy) is 1. The molecule has 0 aliphatic heterocycles. The maximum atomic E-state index is 13.6. The van der Waals surface area contributed by atoms with Gasteiger partial charge in [-0.1, -0.05) is 41.4 Å². The highest BCUT2D eigenvalue weighted by Gasteiger charge is 2.26. The lowest BCUT2D eigenvalue weighted by Gasteiger charge is -2.17. The van der Waals surface area contributed by atoms with Crippen LogP contribution in [0.4, 0.5) is 5.69 Å². The van der Waals surface area contributed by atoms with Gasteiger partial charge in [-0.2, -0.15) is 0 Å². The fourth-order valence-corrected chi connectivity index (χ4v) is 5.98. The van der Waals surface area contributed by atoms with Crippen LogP contribution in [-0.2, 0) is 10.0 Å². The Morgan fingerprint density at radius 2 is 1.74 bits per heavy atom. The fourth-order valence-electron chi connectivity index (χ4n) is 4.05. The van der Waals surface area contributed by atoms with Crippen molar-refractivity contribution in [2.45, 2.75) is 4.90 Å². The van der Waals surface area contributed by atoms with E-state index >= 15 is 0 Å². The van der Waals surface area contributed by atoms with Gasteiger partial charge in [-0.15, -0.1) is 0 Å². The molecule has 0 spiro atoms. The van der Waals surface area contributed by atoms with E-state index in [1.54, 1.807) is 42.5 Å². The first-order valence-corrected chi connectivity index (χ1v) is 13.5. The van der Waals surface area contributed by atoms with Crippen molar-refractivity contribution < 1.29 is 17.9 Å². The number of hydrogen-bond donors (Lipinski definition) is 3. The Bertz CT molecular complexity index is 1770. The topological polar surface area (TPSA) is 127 Å². The first-order chi connectivity index (χ1) is 18.2. The van der Waals surface area contributed by atoms with Gasteiger partial charge in [0.2, 0.25) is 5.91 Å². The lowest BCUT2D eigenvalue weighted by atomic mass is 10.00. The number of sulfonamides is 1. The van der Waals surface area contributed by atoms with E-state index in [9.17, 15) is 13.2 Å². The highest BCUT2D eigenvalue weighted by Crippen LogP contribution is 2.40. The molecule has 11 heteroatoms. The number of fused-ring (bicyclic) bond motifs is 1. The third-order valence-electron chi connectivity index (χ3n) is 5.90. The van der Waals surface area contributed by atoms with Gasteiger partial charge < -0.3 is 15.5 Å². The van der Waals surface area contributed by atoms with E-state index in [4.69, 9.17) is 33.7 Å². The minimum absolute atomic E-state index is 0.0229. The summed E-state index contributed by atoms with van der Waals surface area (Å²) in [5.74, 6) is 0.262. The maximum Gasteiger partial charge on any atom is 0.262 e. The van der Waals surface area contributed by atoms with Crippen molar-refractivity contribution >= 4 is 55.9 Å². The van der Waals surface area contributed by atoms with Gasteiger partial charge in [0, 0.05) is 16.8 Å². The number of rotatable bonds is 7. The molecule has 192 valence electrons. The number of amides is 1. The fraction of sp³-hybridized carbons (Fsp3) is 0.0370. The Morgan fingerprint density at radius 1 is 1.00 bits per heavy atom. The number of anilines is 1. The number of carbonyl (C=O) groups is 1. The van der Waals surface area contributed by atoms with Crippen LogP contribution >= 0.6 is 23.2 Å². The SMILES string of the molecule is COc1ccc(NS(=O)(=O)c2ccc(C(N)=O)c(Cl)c2-c2ccc(Cl)c(-c3nc4ccccc4[nH]3)c2)cc1. The minimum Gasteiger partial charge on any atom is -0.497 e. The van der Waals surface area contributed by atoms with Gasteiger partial charge in [0.05, 0.1) is 38.6 Å². The van der Waals surface area contributed by atoms with Gasteiger partial charge in [-0.3, -0.25) is 9.52 Å². The van der Waals surface area contributed by atoms with Gasteiger partial charge in [0.25, 0.3) is 10.0 Å². The molecule has 1 amide bonds. The van der Waals surface area contributed by atoms with Gasteiger partial charge in [-0.05, 0) is 66.2 Å². The number of primary amides is 1. The Labute approximate surface area is 228 Å². The lowest BCUT2D eigenvalue weighted by Crippen LogP contribution is -2.17. The largest absolute Gasteiger partial charge is 0.497 e. The molecule has 0 atom stereocenters. The number of para-hydroxylation sites is 2. The summed E-state index contributed by atoms with van der Waals surface area (Å²) < 4.78 is 34.8. The number of aromatic nitrogens is 2. The third kappa shape index (κ3) is 4.79. The van der Waals surface area contributed by atoms with Crippen molar-refractivity contribution in [1.29, 1.82) is 0 Å². The number of nitrogens with two attached hydrogens (primary N) is 1. The lowest BCUT2D eigenvalue weighted by molar-refractivity contribution is 0.100. The summed E-state index contributed by atoms with van der Waals surface area (Å²) in [6, 6.07) is 21.3. The molecular weight excluding hydrogens is 547 g/mol. The number of aromatic amines is 1. The monoisotopic (exact) mass is 566 g/mol. The first kappa shape index (κ1) is 25.6. The van der Waals surface area contributed by atoms with E-state index in [1.165, 1.54) is 19.2 Å². The van der Waals surface area contributed by atoms with Crippen LogP contribution in [0.25, 0.3) is 33.5 Å². The van der Waals surface area contributed by atoms with Gasteiger partial charge in [0.1, 0.15) is 11.6 Å². The number of methoxy groups -OCH3 is 1. The summed E-state index contributed by atoms with van der Waals surface area (Å²) in [6.45, 7) is 0. The van der Waals surface area contributed by atoms with E-state index in [1.807, 2.05) is 24.3 Å². The number of nitrogens with one attached hydrogen (secondary N) is 2. The second kappa shape index (κ2) is 10.0. The summed E-state index contributed by atoms with van der Waals surface area (Å²) in [7, 11) is -2.66. The van der Waals surface area contributed by atoms with Crippen LogP contribution in [0.5, 0.6) is 5.75 Å². The second-order valence-electron chi connectivity index (χ2n) is 8.30. The Kier molecular flexibility index (Phi) is 6.75. The number of carbonyl (C=O) groups excluding carboxylic acids is 1. The number of imidazole rings is 1. The Hall–Kier alpha value is -4.05. The molecule has 1 aromatic heterocycles. The van der Waals surface area contributed by atoms with E-state index in [-0.39, 0.29) is 21.0 Å². The molecule has 4 N–H and O–H groups in total. The van der Waals surface area contributed by atoms with Crippen molar-refractivity contribution in [1.82, 2.24) is 9.97 Å². The zero-order chi connectivity index (χ0) is 27.0. The molecule has 0 aliphatic carbocycles. The van der Waals surface area contributed by atoms with E-state index < -0.39 is 15.9 Å². The van der Waals surface area contributed by atoms with Crippen LogP contribution in [-0.4, -0.2) is 31.4 Å². The average Bonchev–Trinajstić information content (AvgIpc) is 3.33. The Morgan fingerprint density at radius 3 is 2.42 bits per heavy atom. The van der Waals surface area contributed by atoms with Crippen LogP contribution < -0.4 is 15.2 Å². The van der Waals surface area contributed by atoms with Crippen LogP contribution in [0.3, 0.4) is 0 Å². The van der Waals surface area contributed by atoms with Crippen molar-refractivity contribution in [3.05, 3.63) is 94.5 Å². The number of halogens is 2. The van der Waals surface area contributed by atoms with Gasteiger partial charge >= 0.3 is 0 Å². The molecule has 8 nitrogen and oxygen atoms in total. The predicted molar refractivity (Wildman–Crippen MR) is 149 cm³/mol. The minimum atomic E-state index is -4.17. The van der Waals surface area contributed by atoms with Crippen LogP contribution in [0.15, 0.2) is 83.8 Å². The molecule has 1 heterocycles. The van der Waals surface area contributed by atoms with E-state index in [0.29, 0.717) is 33.4 Å². The number of nitrogens with zero attached hydrogens (tertiary/aromatic N) is 1. The molecule has 0 aliphatic rings. The molecule has 0 radical (unpaired) electrons. The average molecular weight is 567 g/mol. The van der Waals surface area contributed by atoms with Crippen LogP contribution in [0.1, 0.15) is 10.4 Å². The van der Waals surface area contributed by atoms with Crippen LogP contribution in [0.2, 0.25) is 10.0 Å². The summed E-state index contributed by atoms with van der Waals surface area (Å²) in [4.78, 5) is 19.8. The van der Waals surface area contributed by atoms with Crippen molar-refractivity contribution in [2.24, 2.45) is 5.73 Å². The van der Waals surface area contributed by atoms with Crippen molar-refractivity contribution in [2.75, 3.05) is 11.8 Å². The maximum absolute atomic E-state index is 13.6. The summed E-state index contributed by atoms with van der Waals surface area (Å²) in [6.07, 6.45) is 0. The zero-order valence-electron chi connectivity index (χ0n) is 19.8. The molecule has 5 aromatic rings. The number of H-pyrrole nitrogens is 1. The van der Waals surface area contributed by atoms with Crippen molar-refractivity contribution in [3.8, 4) is 28.3 Å². The van der Waals surface area contributed by atoms with Gasteiger partial charge in [0.15, 0.2) is 0 Å². The van der Waals surface area contributed by atoms with Crippen LogP contribution in [0, 0.1) is 0 Å². The highest BCUT2D eigenvalue weighted by atomic mass is 35.5. The summed E-state index contributed by atoms with van der Waals surface area (Å²) in [5, 5.41) is 0.281. The summed E-state index contributed by atoms with van der Waals surface area (Å²) in [5.41, 5.74) is 8.37. The number of hydrogen-bond acceptors (Lipinski definition) is 5. The molecule has 38 heavy (non-hydrogen) atoms. The first-order valence-electron chi connectivity index (χ1n) is 11.2. The van der Waals surface area contributed by atoms with Gasteiger partial charge in [-0.25, -0.2) is 13.4 Å². The molecule has 0 saturated carbocycles. The van der Waals surface area contributed by atoms with Crippen molar-refractivity contribution in [3.63, 3.8) is 0 Å². The smallest absolute Gasteiger partial charge is 0.262 e. The Balaban J connectivity index is 1.67. The molecule has 0 fully saturated rings. The molecule has 0 saturated heterocycles. The number of benzene rings is 4.